The molecule has 24 heavy (non-hydrogen) atoms. The fourth-order valence-corrected chi connectivity index (χ4v) is 2.42. The maximum absolute atomic E-state index is 12.3. The van der Waals surface area contributed by atoms with Crippen molar-refractivity contribution < 1.29 is 31.6 Å². The summed E-state index contributed by atoms with van der Waals surface area (Å²) in [6, 6.07) is 8.49. The van der Waals surface area contributed by atoms with Gasteiger partial charge in [-0.3, -0.25) is 10.1 Å². The van der Waals surface area contributed by atoms with Crippen LogP contribution in [0.15, 0.2) is 47.4 Å². The highest BCUT2D eigenvalue weighted by Crippen LogP contribution is 2.34. The second-order valence-corrected chi connectivity index (χ2v) is 6.63. The van der Waals surface area contributed by atoms with Gasteiger partial charge in [-0.25, -0.2) is 8.42 Å². The van der Waals surface area contributed by atoms with Crippen LogP contribution in [-0.2, 0) is 9.84 Å². The predicted octanol–water partition coefficient (Wildman–Crippen LogP) is 3.39. The molecule has 0 saturated carbocycles. The van der Waals surface area contributed by atoms with E-state index in [1.807, 2.05) is 0 Å². The molecule has 0 unspecified atom stereocenters. The molecule has 0 fully saturated rings. The molecule has 7 nitrogen and oxygen atoms in total. The lowest BCUT2D eigenvalue weighted by molar-refractivity contribution is -0.386. The van der Waals surface area contributed by atoms with Gasteiger partial charge in [0.2, 0.25) is 5.75 Å². The third kappa shape index (κ3) is 4.38. The van der Waals surface area contributed by atoms with E-state index in [2.05, 4.69) is 4.74 Å². The lowest BCUT2D eigenvalue weighted by atomic mass is 10.2. The maximum atomic E-state index is 12.3. The zero-order chi connectivity index (χ0) is 17.9. The predicted molar refractivity (Wildman–Crippen MR) is 79.4 cm³/mol. The van der Waals surface area contributed by atoms with Crippen molar-refractivity contribution in [3.63, 3.8) is 0 Å². The first-order valence-corrected chi connectivity index (χ1v) is 8.27. The van der Waals surface area contributed by atoms with Crippen LogP contribution >= 0.6 is 0 Å². The van der Waals surface area contributed by atoms with E-state index in [1.54, 1.807) is 0 Å². The largest absolute Gasteiger partial charge is 0.457 e. The molecule has 10 heteroatoms. The number of nitro benzene ring substituents is 1. The van der Waals surface area contributed by atoms with Crippen LogP contribution in [0.4, 0.5) is 14.5 Å². The van der Waals surface area contributed by atoms with Gasteiger partial charge in [-0.1, -0.05) is 0 Å². The van der Waals surface area contributed by atoms with Crippen LogP contribution in [0.25, 0.3) is 0 Å². The zero-order valence-corrected chi connectivity index (χ0v) is 13.0. The number of halogens is 2. The Bertz CT molecular complexity index is 852. The quantitative estimate of drug-likeness (QED) is 0.579. The summed E-state index contributed by atoms with van der Waals surface area (Å²) in [5, 5.41) is 10.8. The second kappa shape index (κ2) is 6.79. The van der Waals surface area contributed by atoms with Gasteiger partial charge in [-0.2, -0.15) is 8.78 Å². The number of alkyl halides is 2. The van der Waals surface area contributed by atoms with Gasteiger partial charge in [-0.15, -0.1) is 0 Å². The first kappa shape index (κ1) is 17.6. The number of ether oxygens (including phenoxy) is 2. The number of nitrogens with zero attached hydrogens (tertiary/aromatic N) is 1. The average molecular weight is 359 g/mol. The number of sulfone groups is 1. The van der Waals surface area contributed by atoms with Crippen molar-refractivity contribution in [2.75, 3.05) is 6.26 Å². The normalized spacial score (nSPS) is 11.3. The van der Waals surface area contributed by atoms with Crippen molar-refractivity contribution in [2.24, 2.45) is 0 Å². The van der Waals surface area contributed by atoms with Crippen LogP contribution in [0.1, 0.15) is 0 Å². The van der Waals surface area contributed by atoms with Gasteiger partial charge in [0, 0.05) is 18.4 Å². The Hall–Kier alpha value is -2.75. The number of hydrogen-bond donors (Lipinski definition) is 0. The molecule has 0 amide bonds. The minimum atomic E-state index is -3.36. The monoisotopic (exact) mass is 359 g/mol. The topological polar surface area (TPSA) is 95.7 Å². The first-order valence-electron chi connectivity index (χ1n) is 6.38. The third-order valence-corrected chi connectivity index (χ3v) is 3.96. The van der Waals surface area contributed by atoms with Gasteiger partial charge >= 0.3 is 12.3 Å². The standard InChI is InChI=1S/C14H11F2NO6S/c1-24(20,21)11-5-2-9(3-6-11)22-10-4-7-12(17(18)19)13(8-10)23-14(15)16/h2-8,14H,1H3. The zero-order valence-electron chi connectivity index (χ0n) is 12.2. The van der Waals surface area contributed by atoms with E-state index in [0.29, 0.717) is 0 Å². The molecule has 0 aliphatic heterocycles. The molecule has 128 valence electrons. The van der Waals surface area contributed by atoms with E-state index >= 15 is 0 Å². The number of rotatable bonds is 6. The van der Waals surface area contributed by atoms with E-state index < -0.39 is 32.8 Å². The molecule has 0 radical (unpaired) electrons. The summed E-state index contributed by atoms with van der Waals surface area (Å²) in [4.78, 5) is 10.0. The minimum Gasteiger partial charge on any atom is -0.457 e. The molecular weight excluding hydrogens is 348 g/mol. The van der Waals surface area contributed by atoms with Gasteiger partial charge in [0.25, 0.3) is 0 Å². The molecule has 0 spiro atoms. The van der Waals surface area contributed by atoms with Gasteiger partial charge < -0.3 is 9.47 Å². The SMILES string of the molecule is CS(=O)(=O)c1ccc(Oc2ccc([N+](=O)[O-])c(OC(F)F)c2)cc1. The Balaban J connectivity index is 2.28. The fourth-order valence-electron chi connectivity index (χ4n) is 1.79. The highest BCUT2D eigenvalue weighted by atomic mass is 32.2. The highest BCUT2D eigenvalue weighted by molar-refractivity contribution is 7.90. The lowest BCUT2D eigenvalue weighted by Gasteiger charge is -2.09. The molecular formula is C14H11F2NO6S. The number of benzene rings is 2. The van der Waals surface area contributed by atoms with Crippen molar-refractivity contribution in [2.45, 2.75) is 11.5 Å². The Labute approximate surface area is 135 Å². The van der Waals surface area contributed by atoms with E-state index in [-0.39, 0.29) is 16.4 Å². The molecule has 0 N–H and O–H groups in total. The summed E-state index contributed by atoms with van der Waals surface area (Å²) in [7, 11) is -3.36. The second-order valence-electron chi connectivity index (χ2n) is 4.61. The number of nitro groups is 1. The van der Waals surface area contributed by atoms with Crippen molar-refractivity contribution in [3.8, 4) is 17.2 Å². The molecule has 2 aromatic rings. The van der Waals surface area contributed by atoms with Crippen LogP contribution in [0.3, 0.4) is 0 Å². The van der Waals surface area contributed by atoms with E-state index in [9.17, 15) is 27.3 Å². The van der Waals surface area contributed by atoms with E-state index in [4.69, 9.17) is 4.74 Å². The molecule has 2 rings (SSSR count). The lowest BCUT2D eigenvalue weighted by Crippen LogP contribution is -2.04. The highest BCUT2D eigenvalue weighted by Gasteiger charge is 2.19. The van der Waals surface area contributed by atoms with Gasteiger partial charge in [0.05, 0.1) is 9.82 Å². The van der Waals surface area contributed by atoms with Gasteiger partial charge in [0.1, 0.15) is 11.5 Å². The molecule has 0 atom stereocenters. The molecule has 0 aliphatic rings. The summed E-state index contributed by atoms with van der Waals surface area (Å²) in [6.45, 7) is -3.23. The number of hydrogen-bond acceptors (Lipinski definition) is 6. The van der Waals surface area contributed by atoms with Crippen LogP contribution in [0.5, 0.6) is 17.2 Å². The average Bonchev–Trinajstić information content (AvgIpc) is 2.46. The van der Waals surface area contributed by atoms with Crippen LogP contribution in [0, 0.1) is 10.1 Å². The summed E-state index contributed by atoms with van der Waals surface area (Å²) >= 11 is 0. The molecule has 0 aromatic heterocycles. The minimum absolute atomic E-state index is 0.0170. The van der Waals surface area contributed by atoms with Crippen LogP contribution in [-0.4, -0.2) is 26.2 Å². The van der Waals surface area contributed by atoms with E-state index in [0.717, 1.165) is 18.4 Å². The Kier molecular flexibility index (Phi) is 4.98. The van der Waals surface area contributed by atoms with E-state index in [1.165, 1.54) is 30.3 Å². The van der Waals surface area contributed by atoms with Crippen molar-refractivity contribution >= 4 is 15.5 Å². The molecule has 2 aromatic carbocycles. The van der Waals surface area contributed by atoms with Crippen molar-refractivity contribution in [1.82, 2.24) is 0 Å². The molecule has 0 saturated heterocycles. The summed E-state index contributed by atoms with van der Waals surface area (Å²) in [5.41, 5.74) is -0.630. The third-order valence-electron chi connectivity index (χ3n) is 2.83. The fraction of sp³-hybridized carbons (Fsp3) is 0.143. The van der Waals surface area contributed by atoms with Gasteiger partial charge in [0.15, 0.2) is 9.84 Å². The molecule has 0 bridgehead atoms. The summed E-state index contributed by atoms with van der Waals surface area (Å²) in [5.74, 6) is -0.400. The molecule has 0 heterocycles. The summed E-state index contributed by atoms with van der Waals surface area (Å²) in [6.07, 6.45) is 1.05. The molecule has 0 aliphatic carbocycles. The van der Waals surface area contributed by atoms with Crippen molar-refractivity contribution in [1.29, 1.82) is 0 Å². The first-order chi connectivity index (χ1) is 11.2. The van der Waals surface area contributed by atoms with Crippen LogP contribution in [0.2, 0.25) is 0 Å². The Morgan fingerprint density at radius 1 is 1.08 bits per heavy atom. The Morgan fingerprint density at radius 3 is 2.17 bits per heavy atom. The summed E-state index contributed by atoms with van der Waals surface area (Å²) < 4.78 is 56.9. The Morgan fingerprint density at radius 2 is 1.67 bits per heavy atom. The maximum Gasteiger partial charge on any atom is 0.387 e. The van der Waals surface area contributed by atoms with Crippen molar-refractivity contribution in [3.05, 3.63) is 52.6 Å². The van der Waals surface area contributed by atoms with Crippen LogP contribution < -0.4 is 9.47 Å². The smallest absolute Gasteiger partial charge is 0.387 e. The van der Waals surface area contributed by atoms with Gasteiger partial charge in [-0.05, 0) is 30.3 Å².